The van der Waals surface area contributed by atoms with Crippen LogP contribution in [-0.2, 0) is 0 Å². The minimum atomic E-state index is -0.164. The lowest BCUT2D eigenvalue weighted by atomic mass is 10.2. The highest BCUT2D eigenvalue weighted by molar-refractivity contribution is 5.94. The van der Waals surface area contributed by atoms with E-state index in [-0.39, 0.29) is 18.4 Å². The lowest BCUT2D eigenvalue weighted by Crippen LogP contribution is -2.29. The molecule has 1 amide bonds. The third kappa shape index (κ3) is 4.03. The van der Waals surface area contributed by atoms with Gasteiger partial charge in [-0.2, -0.15) is 0 Å². The van der Waals surface area contributed by atoms with Crippen molar-refractivity contribution in [2.24, 2.45) is 5.92 Å². The van der Waals surface area contributed by atoms with Crippen molar-refractivity contribution >= 4 is 11.7 Å². The zero-order valence-corrected chi connectivity index (χ0v) is 10.5. The summed E-state index contributed by atoms with van der Waals surface area (Å²) in [6.45, 7) is 2.40. The Morgan fingerprint density at radius 3 is 2.71 bits per heavy atom. The number of pyridine rings is 1. The molecule has 1 heterocycles. The Balaban J connectivity index is 2.58. The van der Waals surface area contributed by atoms with Crippen molar-refractivity contribution in [2.75, 3.05) is 32.1 Å². The third-order valence-electron chi connectivity index (χ3n) is 2.39. The summed E-state index contributed by atoms with van der Waals surface area (Å²) in [7, 11) is 3.79. The molecule has 0 bridgehead atoms. The minimum Gasteiger partial charge on any atom is -0.396 e. The van der Waals surface area contributed by atoms with Crippen LogP contribution >= 0.6 is 0 Å². The van der Waals surface area contributed by atoms with Crippen molar-refractivity contribution in [2.45, 2.75) is 6.92 Å². The molecular weight excluding hydrogens is 218 g/mol. The van der Waals surface area contributed by atoms with Crippen molar-refractivity contribution in [1.82, 2.24) is 10.3 Å². The van der Waals surface area contributed by atoms with E-state index in [0.717, 1.165) is 5.82 Å². The van der Waals surface area contributed by atoms with Gasteiger partial charge in [0.05, 0.1) is 5.56 Å². The SMILES string of the molecule is CC(CO)CNC(=O)c1ccc(N(C)C)nc1. The molecule has 0 aromatic carbocycles. The Bertz CT molecular complexity index is 363. The summed E-state index contributed by atoms with van der Waals surface area (Å²) in [5.74, 6) is 0.710. The Hall–Kier alpha value is -1.62. The average molecular weight is 237 g/mol. The molecule has 0 spiro atoms. The van der Waals surface area contributed by atoms with E-state index in [1.165, 1.54) is 0 Å². The third-order valence-corrected chi connectivity index (χ3v) is 2.39. The number of carbonyl (C=O) groups is 1. The molecule has 5 nitrogen and oxygen atoms in total. The largest absolute Gasteiger partial charge is 0.396 e. The molecule has 1 atom stereocenters. The molecule has 0 saturated heterocycles. The number of rotatable bonds is 5. The number of nitrogens with zero attached hydrogens (tertiary/aromatic N) is 2. The summed E-state index contributed by atoms with van der Waals surface area (Å²) in [4.78, 5) is 17.7. The predicted molar refractivity (Wildman–Crippen MR) is 67.1 cm³/mol. The summed E-state index contributed by atoms with van der Waals surface area (Å²) in [5, 5.41) is 11.6. The second-order valence-corrected chi connectivity index (χ2v) is 4.30. The topological polar surface area (TPSA) is 65.5 Å². The fourth-order valence-electron chi connectivity index (χ4n) is 1.22. The number of anilines is 1. The van der Waals surface area contributed by atoms with E-state index in [9.17, 15) is 4.79 Å². The summed E-state index contributed by atoms with van der Waals surface area (Å²) in [6, 6.07) is 3.53. The monoisotopic (exact) mass is 237 g/mol. The van der Waals surface area contributed by atoms with Gasteiger partial charge in [-0.15, -0.1) is 0 Å². The molecule has 1 unspecified atom stereocenters. The highest BCUT2D eigenvalue weighted by atomic mass is 16.3. The zero-order chi connectivity index (χ0) is 12.8. The van der Waals surface area contributed by atoms with E-state index in [1.807, 2.05) is 25.9 Å². The number of amides is 1. The fraction of sp³-hybridized carbons (Fsp3) is 0.500. The lowest BCUT2D eigenvalue weighted by Gasteiger charge is -2.12. The van der Waals surface area contributed by atoms with Gasteiger partial charge in [-0.1, -0.05) is 6.92 Å². The maximum atomic E-state index is 11.7. The molecule has 5 heteroatoms. The van der Waals surface area contributed by atoms with Gasteiger partial charge in [0, 0.05) is 33.4 Å². The van der Waals surface area contributed by atoms with E-state index in [4.69, 9.17) is 5.11 Å². The van der Waals surface area contributed by atoms with Gasteiger partial charge < -0.3 is 15.3 Å². The predicted octanol–water partition coefficient (Wildman–Crippen LogP) is 0.506. The molecule has 0 radical (unpaired) electrons. The molecule has 0 fully saturated rings. The first kappa shape index (κ1) is 13.4. The number of aliphatic hydroxyl groups is 1. The number of aromatic nitrogens is 1. The van der Waals surface area contributed by atoms with Gasteiger partial charge in [0.1, 0.15) is 5.82 Å². The molecule has 94 valence electrons. The van der Waals surface area contributed by atoms with E-state index >= 15 is 0 Å². The second-order valence-electron chi connectivity index (χ2n) is 4.30. The van der Waals surface area contributed by atoms with Crippen LogP contribution in [0.4, 0.5) is 5.82 Å². The molecule has 1 rings (SSSR count). The molecule has 0 saturated carbocycles. The summed E-state index contributed by atoms with van der Waals surface area (Å²) in [5.41, 5.74) is 0.528. The number of carbonyl (C=O) groups excluding carboxylic acids is 1. The molecule has 0 aliphatic heterocycles. The van der Waals surface area contributed by atoms with E-state index in [1.54, 1.807) is 18.3 Å². The van der Waals surface area contributed by atoms with E-state index in [0.29, 0.717) is 12.1 Å². The van der Waals surface area contributed by atoms with Crippen LogP contribution in [0.5, 0.6) is 0 Å². The first-order chi connectivity index (χ1) is 8.04. The van der Waals surface area contributed by atoms with Crippen LogP contribution in [0.25, 0.3) is 0 Å². The molecule has 1 aromatic rings. The van der Waals surface area contributed by atoms with Gasteiger partial charge in [0.15, 0.2) is 0 Å². The molecule has 0 aliphatic carbocycles. The Labute approximate surface area is 101 Å². The van der Waals surface area contributed by atoms with Gasteiger partial charge in [0.2, 0.25) is 0 Å². The quantitative estimate of drug-likeness (QED) is 0.783. The van der Waals surface area contributed by atoms with Crippen LogP contribution in [0, 0.1) is 5.92 Å². The van der Waals surface area contributed by atoms with Gasteiger partial charge in [-0.05, 0) is 18.1 Å². The Morgan fingerprint density at radius 2 is 2.24 bits per heavy atom. The Kier molecular flexibility index (Phi) is 4.90. The van der Waals surface area contributed by atoms with Crippen LogP contribution in [0.2, 0.25) is 0 Å². The van der Waals surface area contributed by atoms with Gasteiger partial charge in [-0.3, -0.25) is 4.79 Å². The number of hydrogen-bond donors (Lipinski definition) is 2. The lowest BCUT2D eigenvalue weighted by molar-refractivity contribution is 0.0942. The Morgan fingerprint density at radius 1 is 1.53 bits per heavy atom. The normalized spacial score (nSPS) is 12.0. The zero-order valence-electron chi connectivity index (χ0n) is 10.5. The minimum absolute atomic E-state index is 0.0629. The molecule has 0 aliphatic rings. The van der Waals surface area contributed by atoms with Crippen LogP contribution in [0.1, 0.15) is 17.3 Å². The number of aliphatic hydroxyl groups excluding tert-OH is 1. The van der Waals surface area contributed by atoms with Crippen molar-refractivity contribution in [3.63, 3.8) is 0 Å². The summed E-state index contributed by atoms with van der Waals surface area (Å²) >= 11 is 0. The summed E-state index contributed by atoms with van der Waals surface area (Å²) in [6.07, 6.45) is 1.55. The highest BCUT2D eigenvalue weighted by Gasteiger charge is 2.08. The molecular formula is C12H19N3O2. The van der Waals surface area contributed by atoms with Gasteiger partial charge >= 0.3 is 0 Å². The smallest absolute Gasteiger partial charge is 0.252 e. The highest BCUT2D eigenvalue weighted by Crippen LogP contribution is 2.07. The first-order valence-corrected chi connectivity index (χ1v) is 5.57. The van der Waals surface area contributed by atoms with Crippen LogP contribution in [0.3, 0.4) is 0 Å². The van der Waals surface area contributed by atoms with Crippen molar-refractivity contribution in [1.29, 1.82) is 0 Å². The molecule has 1 aromatic heterocycles. The van der Waals surface area contributed by atoms with Crippen molar-refractivity contribution in [3.8, 4) is 0 Å². The number of hydrogen-bond acceptors (Lipinski definition) is 4. The van der Waals surface area contributed by atoms with Crippen LogP contribution < -0.4 is 10.2 Å². The average Bonchev–Trinajstić information content (AvgIpc) is 2.35. The van der Waals surface area contributed by atoms with Gasteiger partial charge in [-0.25, -0.2) is 4.98 Å². The maximum absolute atomic E-state index is 11.7. The van der Waals surface area contributed by atoms with Crippen LogP contribution in [0.15, 0.2) is 18.3 Å². The molecule has 17 heavy (non-hydrogen) atoms. The molecule has 2 N–H and O–H groups in total. The first-order valence-electron chi connectivity index (χ1n) is 5.57. The standard InChI is InChI=1S/C12H19N3O2/c1-9(8-16)6-14-12(17)10-4-5-11(13-7-10)15(2)3/h4-5,7,9,16H,6,8H2,1-3H3,(H,14,17). The fourth-order valence-corrected chi connectivity index (χ4v) is 1.22. The van der Waals surface area contributed by atoms with Crippen LogP contribution in [-0.4, -0.2) is 43.2 Å². The maximum Gasteiger partial charge on any atom is 0.252 e. The van der Waals surface area contributed by atoms with Crippen molar-refractivity contribution in [3.05, 3.63) is 23.9 Å². The van der Waals surface area contributed by atoms with Gasteiger partial charge in [0.25, 0.3) is 5.91 Å². The van der Waals surface area contributed by atoms with E-state index < -0.39 is 0 Å². The van der Waals surface area contributed by atoms with E-state index in [2.05, 4.69) is 10.3 Å². The summed E-state index contributed by atoms with van der Waals surface area (Å²) < 4.78 is 0. The second kappa shape index (κ2) is 6.20. The van der Waals surface area contributed by atoms with Crippen molar-refractivity contribution < 1.29 is 9.90 Å². The number of nitrogens with one attached hydrogen (secondary N) is 1.